The molecule has 1 saturated carbocycles. The molecule has 174 valence electrons. The van der Waals surface area contributed by atoms with E-state index in [0.717, 1.165) is 17.3 Å². The van der Waals surface area contributed by atoms with E-state index in [9.17, 15) is 18.5 Å². The van der Waals surface area contributed by atoms with Crippen molar-refractivity contribution in [3.8, 4) is 11.8 Å². The van der Waals surface area contributed by atoms with Crippen molar-refractivity contribution in [3.05, 3.63) is 63.0 Å². The van der Waals surface area contributed by atoms with E-state index in [1.807, 2.05) is 12.1 Å². The van der Waals surface area contributed by atoms with E-state index in [-0.39, 0.29) is 17.8 Å². The fourth-order valence-corrected chi connectivity index (χ4v) is 5.72. The molecule has 0 amide bonds. The Kier molecular flexibility index (Phi) is 6.52. The Balaban J connectivity index is 1.71. The third kappa shape index (κ3) is 4.93. The highest BCUT2D eigenvalue weighted by molar-refractivity contribution is 7.88. The van der Waals surface area contributed by atoms with Crippen LogP contribution in [0.1, 0.15) is 42.9 Å². The standard InChI is InChI=1S/C23H25ClN4O4S/c1-32-22-10-4-16(11-19(22)24)14-27-21-12-15(13-25)3-9-20(21)28(23(27)29)18-7-5-17(6-8-18)26-33(2,30)31/h3-4,9-12,17-18,26H,5-8,14H2,1-2H3/t17-,18-. The first-order valence-corrected chi connectivity index (χ1v) is 12.9. The number of halogens is 1. The number of methoxy groups -OCH3 is 1. The normalized spacial score (nSPS) is 18.8. The monoisotopic (exact) mass is 488 g/mol. The number of hydrogen-bond acceptors (Lipinski definition) is 5. The molecule has 0 spiro atoms. The molecule has 3 aromatic rings. The minimum atomic E-state index is -3.27. The Morgan fingerprint density at radius 1 is 1.15 bits per heavy atom. The molecule has 0 atom stereocenters. The quantitative estimate of drug-likeness (QED) is 0.572. The van der Waals surface area contributed by atoms with Crippen LogP contribution in [0.2, 0.25) is 5.02 Å². The highest BCUT2D eigenvalue weighted by atomic mass is 35.5. The number of imidazole rings is 1. The SMILES string of the molecule is COc1ccc(Cn2c(=O)n([C@H]3CC[C@H](NS(C)(=O)=O)CC3)c3ccc(C#N)cc32)cc1Cl. The summed E-state index contributed by atoms with van der Waals surface area (Å²) in [6.07, 6.45) is 3.83. The number of fused-ring (bicyclic) bond motifs is 1. The van der Waals surface area contributed by atoms with Crippen LogP contribution in [-0.4, -0.2) is 37.0 Å². The number of nitriles is 1. The third-order valence-corrected chi connectivity index (χ3v) is 7.15. The molecule has 0 unspecified atom stereocenters. The molecule has 1 fully saturated rings. The van der Waals surface area contributed by atoms with E-state index in [1.165, 1.54) is 0 Å². The summed E-state index contributed by atoms with van der Waals surface area (Å²) in [5.74, 6) is 0.557. The van der Waals surface area contributed by atoms with Crippen LogP contribution in [-0.2, 0) is 16.6 Å². The van der Waals surface area contributed by atoms with E-state index in [1.54, 1.807) is 40.5 Å². The van der Waals surface area contributed by atoms with Crippen molar-refractivity contribution >= 4 is 32.7 Å². The van der Waals surface area contributed by atoms with Crippen LogP contribution in [0.15, 0.2) is 41.2 Å². The van der Waals surface area contributed by atoms with Gasteiger partial charge in [-0.3, -0.25) is 9.13 Å². The molecule has 2 aromatic carbocycles. The molecule has 1 heterocycles. The summed E-state index contributed by atoms with van der Waals surface area (Å²) in [4.78, 5) is 13.6. The molecule has 0 saturated heterocycles. The molecule has 1 aliphatic carbocycles. The molecule has 8 nitrogen and oxygen atoms in total. The van der Waals surface area contributed by atoms with Gasteiger partial charge in [-0.1, -0.05) is 17.7 Å². The molecular weight excluding hydrogens is 464 g/mol. The van der Waals surface area contributed by atoms with Crippen molar-refractivity contribution < 1.29 is 13.2 Å². The molecule has 0 radical (unpaired) electrons. The van der Waals surface area contributed by atoms with Crippen molar-refractivity contribution in [2.45, 2.75) is 44.3 Å². The van der Waals surface area contributed by atoms with Crippen molar-refractivity contribution in [1.29, 1.82) is 5.26 Å². The second-order valence-corrected chi connectivity index (χ2v) is 10.6. The van der Waals surface area contributed by atoms with E-state index in [4.69, 9.17) is 16.3 Å². The fraction of sp³-hybridized carbons (Fsp3) is 0.391. The lowest BCUT2D eigenvalue weighted by Crippen LogP contribution is -2.38. The van der Waals surface area contributed by atoms with Gasteiger partial charge in [-0.25, -0.2) is 17.9 Å². The molecule has 0 aliphatic heterocycles. The Morgan fingerprint density at radius 2 is 1.88 bits per heavy atom. The van der Waals surface area contributed by atoms with Crippen LogP contribution in [0.3, 0.4) is 0 Å². The van der Waals surface area contributed by atoms with E-state index in [2.05, 4.69) is 10.8 Å². The topological polar surface area (TPSA) is 106 Å². The molecule has 1 aromatic heterocycles. The zero-order chi connectivity index (χ0) is 23.8. The maximum atomic E-state index is 13.6. The van der Waals surface area contributed by atoms with Crippen LogP contribution >= 0.6 is 11.6 Å². The lowest BCUT2D eigenvalue weighted by atomic mass is 9.91. The van der Waals surface area contributed by atoms with E-state index >= 15 is 0 Å². The largest absolute Gasteiger partial charge is 0.495 e. The van der Waals surface area contributed by atoms with Gasteiger partial charge in [0.15, 0.2) is 0 Å². The molecule has 33 heavy (non-hydrogen) atoms. The predicted octanol–water partition coefficient (Wildman–Crippen LogP) is 3.42. The molecule has 0 bridgehead atoms. The van der Waals surface area contributed by atoms with Gasteiger partial charge < -0.3 is 4.74 Å². The summed E-state index contributed by atoms with van der Waals surface area (Å²) < 4.78 is 34.5. The average Bonchev–Trinajstić information content (AvgIpc) is 3.04. The Bertz CT molecular complexity index is 1400. The molecule has 1 N–H and O–H groups in total. The van der Waals surface area contributed by atoms with Crippen molar-refractivity contribution in [1.82, 2.24) is 13.9 Å². The Labute approximate surface area is 197 Å². The number of sulfonamides is 1. The summed E-state index contributed by atoms with van der Waals surface area (Å²) in [6.45, 7) is 0.298. The molecule has 4 rings (SSSR count). The average molecular weight is 489 g/mol. The first kappa shape index (κ1) is 23.4. The second kappa shape index (κ2) is 9.21. The van der Waals surface area contributed by atoms with Crippen LogP contribution in [0.25, 0.3) is 11.0 Å². The summed E-state index contributed by atoms with van der Waals surface area (Å²) in [6, 6.07) is 12.6. The highest BCUT2D eigenvalue weighted by Crippen LogP contribution is 2.31. The van der Waals surface area contributed by atoms with Gasteiger partial charge in [0.05, 0.1) is 47.6 Å². The number of hydrogen-bond donors (Lipinski definition) is 1. The Hall–Kier alpha value is -2.80. The zero-order valence-corrected chi connectivity index (χ0v) is 20.0. The summed E-state index contributed by atoms with van der Waals surface area (Å²) in [5.41, 5.74) is 2.60. The Morgan fingerprint density at radius 3 is 2.48 bits per heavy atom. The van der Waals surface area contributed by atoms with Crippen molar-refractivity contribution in [2.24, 2.45) is 0 Å². The number of benzene rings is 2. The van der Waals surface area contributed by atoms with E-state index < -0.39 is 10.0 Å². The van der Waals surface area contributed by atoms with Gasteiger partial charge in [0.25, 0.3) is 0 Å². The van der Waals surface area contributed by atoms with Gasteiger partial charge in [-0.05, 0) is 61.6 Å². The van der Waals surface area contributed by atoms with Gasteiger partial charge in [0.2, 0.25) is 10.0 Å². The molecular formula is C23H25ClN4O4S. The lowest BCUT2D eigenvalue weighted by Gasteiger charge is -2.29. The summed E-state index contributed by atoms with van der Waals surface area (Å²) in [7, 11) is -1.72. The number of ether oxygens (including phenoxy) is 1. The number of nitrogens with zero attached hydrogens (tertiary/aromatic N) is 3. The van der Waals surface area contributed by atoms with Gasteiger partial charge in [0.1, 0.15) is 5.75 Å². The smallest absolute Gasteiger partial charge is 0.329 e. The van der Waals surface area contributed by atoms with Crippen LogP contribution in [0.4, 0.5) is 0 Å². The molecule has 10 heteroatoms. The van der Waals surface area contributed by atoms with Gasteiger partial charge in [-0.2, -0.15) is 5.26 Å². The first-order valence-electron chi connectivity index (χ1n) is 10.6. The van der Waals surface area contributed by atoms with Crippen LogP contribution in [0.5, 0.6) is 5.75 Å². The number of nitrogens with one attached hydrogen (secondary N) is 1. The maximum Gasteiger partial charge on any atom is 0.329 e. The zero-order valence-electron chi connectivity index (χ0n) is 18.4. The first-order chi connectivity index (χ1) is 15.7. The van der Waals surface area contributed by atoms with Crippen LogP contribution < -0.4 is 15.1 Å². The maximum absolute atomic E-state index is 13.6. The second-order valence-electron chi connectivity index (χ2n) is 8.42. The third-order valence-electron chi connectivity index (χ3n) is 6.09. The minimum absolute atomic E-state index is 0.0498. The van der Waals surface area contributed by atoms with E-state index in [0.29, 0.717) is 54.1 Å². The van der Waals surface area contributed by atoms with Crippen molar-refractivity contribution in [3.63, 3.8) is 0 Å². The number of aromatic nitrogens is 2. The fourth-order valence-electron chi connectivity index (χ4n) is 4.60. The summed E-state index contributed by atoms with van der Waals surface area (Å²) in [5, 5.41) is 9.85. The lowest BCUT2D eigenvalue weighted by molar-refractivity contribution is 0.310. The molecule has 1 aliphatic rings. The van der Waals surface area contributed by atoms with Gasteiger partial charge in [-0.15, -0.1) is 0 Å². The predicted molar refractivity (Wildman–Crippen MR) is 127 cm³/mol. The van der Waals surface area contributed by atoms with Gasteiger partial charge >= 0.3 is 5.69 Å². The van der Waals surface area contributed by atoms with Crippen LogP contribution in [0, 0.1) is 11.3 Å². The highest BCUT2D eigenvalue weighted by Gasteiger charge is 2.27. The summed E-state index contributed by atoms with van der Waals surface area (Å²) >= 11 is 6.28. The minimum Gasteiger partial charge on any atom is -0.495 e. The van der Waals surface area contributed by atoms with Crippen molar-refractivity contribution in [2.75, 3.05) is 13.4 Å². The van der Waals surface area contributed by atoms with Gasteiger partial charge in [0, 0.05) is 12.1 Å². The number of rotatable bonds is 6.